The number of benzene rings is 2. The summed E-state index contributed by atoms with van der Waals surface area (Å²) in [5, 5.41) is 3.13. The van der Waals surface area contributed by atoms with Crippen molar-refractivity contribution < 1.29 is 9.13 Å². The van der Waals surface area contributed by atoms with E-state index in [9.17, 15) is 4.39 Å². The molecule has 3 N–H and O–H groups in total. The highest BCUT2D eigenvalue weighted by Gasteiger charge is 2.05. The molecule has 2 aromatic rings. The number of hydrogen-bond acceptors (Lipinski definition) is 3. The molecule has 0 aliphatic rings. The van der Waals surface area contributed by atoms with Crippen LogP contribution in [0.1, 0.15) is 11.1 Å². The Labute approximate surface area is 112 Å². The van der Waals surface area contributed by atoms with Gasteiger partial charge in [-0.05, 0) is 31.2 Å². The molecule has 100 valence electrons. The zero-order valence-electron chi connectivity index (χ0n) is 11.0. The van der Waals surface area contributed by atoms with Gasteiger partial charge >= 0.3 is 0 Å². The zero-order chi connectivity index (χ0) is 13.8. The average Bonchev–Trinajstić information content (AvgIpc) is 2.40. The van der Waals surface area contributed by atoms with E-state index in [2.05, 4.69) is 5.32 Å². The van der Waals surface area contributed by atoms with E-state index in [4.69, 9.17) is 10.5 Å². The Hall–Kier alpha value is -2.23. The number of nitrogens with two attached hydrogens (primary N) is 1. The third-order valence-corrected chi connectivity index (χ3v) is 2.92. The third kappa shape index (κ3) is 3.16. The SMILES string of the molecule is COc1ccc(C)cc1CNc1cc(F)ccc1N. The first-order valence-electron chi connectivity index (χ1n) is 6.02. The van der Waals surface area contributed by atoms with Crippen molar-refractivity contribution >= 4 is 11.4 Å². The summed E-state index contributed by atoms with van der Waals surface area (Å²) in [6, 6.07) is 10.2. The van der Waals surface area contributed by atoms with Crippen molar-refractivity contribution in [3.05, 3.63) is 53.3 Å². The Balaban J connectivity index is 2.18. The molecule has 0 saturated heterocycles. The quantitative estimate of drug-likeness (QED) is 0.829. The predicted molar refractivity (Wildman–Crippen MR) is 75.9 cm³/mol. The lowest BCUT2D eigenvalue weighted by atomic mass is 10.1. The van der Waals surface area contributed by atoms with E-state index in [1.54, 1.807) is 13.2 Å². The molecule has 19 heavy (non-hydrogen) atoms. The molecule has 0 aliphatic carbocycles. The molecule has 0 aliphatic heterocycles. The van der Waals surface area contributed by atoms with Gasteiger partial charge in [-0.1, -0.05) is 17.7 Å². The molecule has 2 rings (SSSR count). The predicted octanol–water partition coefficient (Wildman–Crippen LogP) is 3.34. The van der Waals surface area contributed by atoms with Gasteiger partial charge in [0.15, 0.2) is 0 Å². The minimum atomic E-state index is -0.312. The first-order chi connectivity index (χ1) is 9.10. The number of ether oxygens (including phenoxy) is 1. The van der Waals surface area contributed by atoms with Crippen LogP contribution >= 0.6 is 0 Å². The Bertz CT molecular complexity index is 584. The van der Waals surface area contributed by atoms with E-state index in [1.165, 1.54) is 12.1 Å². The molecule has 2 aromatic carbocycles. The second-order valence-electron chi connectivity index (χ2n) is 4.40. The molecule has 0 fully saturated rings. The number of aryl methyl sites for hydroxylation is 1. The number of rotatable bonds is 4. The molecule has 0 amide bonds. The Morgan fingerprint density at radius 3 is 2.74 bits per heavy atom. The van der Waals surface area contributed by atoms with E-state index >= 15 is 0 Å². The first-order valence-corrected chi connectivity index (χ1v) is 6.02. The highest BCUT2D eigenvalue weighted by atomic mass is 19.1. The minimum absolute atomic E-state index is 0.312. The fourth-order valence-corrected chi connectivity index (χ4v) is 1.92. The van der Waals surface area contributed by atoms with Gasteiger partial charge in [-0.2, -0.15) is 0 Å². The molecule has 0 heterocycles. The van der Waals surface area contributed by atoms with Crippen LogP contribution in [0.2, 0.25) is 0 Å². The maximum atomic E-state index is 13.2. The van der Waals surface area contributed by atoms with Crippen molar-refractivity contribution in [1.82, 2.24) is 0 Å². The summed E-state index contributed by atoms with van der Waals surface area (Å²) in [5.41, 5.74) is 9.05. The van der Waals surface area contributed by atoms with Crippen LogP contribution < -0.4 is 15.8 Å². The fraction of sp³-hybridized carbons (Fsp3) is 0.200. The lowest BCUT2D eigenvalue weighted by Gasteiger charge is -2.13. The van der Waals surface area contributed by atoms with Gasteiger partial charge < -0.3 is 15.8 Å². The molecule has 3 nitrogen and oxygen atoms in total. The number of nitrogen functional groups attached to an aromatic ring is 1. The molecule has 0 bridgehead atoms. The van der Waals surface area contributed by atoms with Crippen LogP contribution in [0.3, 0.4) is 0 Å². The van der Waals surface area contributed by atoms with Crippen LogP contribution in [0.15, 0.2) is 36.4 Å². The average molecular weight is 260 g/mol. The standard InChI is InChI=1S/C15H17FN2O/c1-10-3-6-15(19-2)11(7-10)9-18-14-8-12(16)4-5-13(14)17/h3-8,18H,9,17H2,1-2H3. The maximum absolute atomic E-state index is 13.2. The molecular formula is C15H17FN2O. The smallest absolute Gasteiger partial charge is 0.125 e. The van der Waals surface area contributed by atoms with Crippen molar-refractivity contribution in [2.24, 2.45) is 0 Å². The highest BCUT2D eigenvalue weighted by molar-refractivity contribution is 5.66. The summed E-state index contributed by atoms with van der Waals surface area (Å²) in [7, 11) is 1.63. The first kappa shape index (κ1) is 13.2. The van der Waals surface area contributed by atoms with Crippen molar-refractivity contribution in [2.75, 3.05) is 18.2 Å². The Morgan fingerprint density at radius 1 is 1.21 bits per heavy atom. The summed E-state index contributed by atoms with van der Waals surface area (Å²) in [6.45, 7) is 2.54. The van der Waals surface area contributed by atoms with Crippen molar-refractivity contribution in [1.29, 1.82) is 0 Å². The van der Waals surface area contributed by atoms with Crippen molar-refractivity contribution in [3.63, 3.8) is 0 Å². The van der Waals surface area contributed by atoms with Crippen LogP contribution in [0.25, 0.3) is 0 Å². The summed E-state index contributed by atoms with van der Waals surface area (Å²) >= 11 is 0. The molecule has 0 radical (unpaired) electrons. The van der Waals surface area contributed by atoms with E-state index in [-0.39, 0.29) is 5.82 Å². The van der Waals surface area contributed by atoms with Crippen LogP contribution in [0.4, 0.5) is 15.8 Å². The van der Waals surface area contributed by atoms with E-state index in [0.29, 0.717) is 17.9 Å². The molecule has 0 aromatic heterocycles. The second kappa shape index (κ2) is 5.61. The van der Waals surface area contributed by atoms with Gasteiger partial charge in [-0.25, -0.2) is 4.39 Å². The molecular weight excluding hydrogens is 243 g/mol. The van der Waals surface area contributed by atoms with Gasteiger partial charge in [0, 0.05) is 12.1 Å². The molecule has 0 saturated carbocycles. The summed E-state index contributed by atoms with van der Waals surface area (Å²) in [6.07, 6.45) is 0. The van der Waals surface area contributed by atoms with E-state index < -0.39 is 0 Å². The number of nitrogens with one attached hydrogen (secondary N) is 1. The van der Waals surface area contributed by atoms with Crippen molar-refractivity contribution in [3.8, 4) is 5.75 Å². The molecule has 4 heteroatoms. The lowest BCUT2D eigenvalue weighted by Crippen LogP contribution is -2.04. The monoisotopic (exact) mass is 260 g/mol. The van der Waals surface area contributed by atoms with Gasteiger partial charge in [0.25, 0.3) is 0 Å². The summed E-state index contributed by atoms with van der Waals surface area (Å²) in [5.74, 6) is 0.487. The van der Waals surface area contributed by atoms with Gasteiger partial charge in [0.2, 0.25) is 0 Å². The van der Waals surface area contributed by atoms with Gasteiger partial charge in [0.05, 0.1) is 18.5 Å². The van der Waals surface area contributed by atoms with Gasteiger partial charge in [-0.15, -0.1) is 0 Å². The third-order valence-electron chi connectivity index (χ3n) is 2.92. The van der Waals surface area contributed by atoms with Gasteiger partial charge in [-0.3, -0.25) is 0 Å². The van der Waals surface area contributed by atoms with Crippen LogP contribution in [-0.4, -0.2) is 7.11 Å². The molecule has 0 unspecified atom stereocenters. The fourth-order valence-electron chi connectivity index (χ4n) is 1.92. The Morgan fingerprint density at radius 2 is 2.00 bits per heavy atom. The zero-order valence-corrected chi connectivity index (χ0v) is 11.0. The van der Waals surface area contributed by atoms with E-state index in [0.717, 1.165) is 16.9 Å². The van der Waals surface area contributed by atoms with Crippen LogP contribution in [-0.2, 0) is 6.54 Å². The number of hydrogen-bond donors (Lipinski definition) is 2. The number of halogens is 1. The molecule has 0 atom stereocenters. The van der Waals surface area contributed by atoms with Crippen molar-refractivity contribution in [2.45, 2.75) is 13.5 Å². The lowest BCUT2D eigenvalue weighted by molar-refractivity contribution is 0.410. The topological polar surface area (TPSA) is 47.3 Å². The summed E-state index contributed by atoms with van der Waals surface area (Å²) < 4.78 is 18.5. The number of anilines is 2. The van der Waals surface area contributed by atoms with Crippen LogP contribution in [0.5, 0.6) is 5.75 Å². The molecule has 0 spiro atoms. The van der Waals surface area contributed by atoms with Gasteiger partial charge in [0.1, 0.15) is 11.6 Å². The summed E-state index contributed by atoms with van der Waals surface area (Å²) in [4.78, 5) is 0. The number of methoxy groups -OCH3 is 1. The minimum Gasteiger partial charge on any atom is -0.496 e. The maximum Gasteiger partial charge on any atom is 0.125 e. The second-order valence-corrected chi connectivity index (χ2v) is 4.40. The Kier molecular flexibility index (Phi) is 3.90. The largest absolute Gasteiger partial charge is 0.496 e. The van der Waals surface area contributed by atoms with E-state index in [1.807, 2.05) is 25.1 Å². The van der Waals surface area contributed by atoms with Crippen LogP contribution in [0, 0.1) is 12.7 Å². The highest BCUT2D eigenvalue weighted by Crippen LogP contribution is 2.24. The normalized spacial score (nSPS) is 10.3.